The number of nitrogens with zero attached hydrogens (tertiary/aromatic N) is 4. The molecule has 2 N–H and O–H groups in total. The average molecular weight is 566 g/mol. The van der Waals surface area contributed by atoms with Gasteiger partial charge in [0, 0.05) is 0 Å². The molecule has 0 aliphatic rings. The Morgan fingerprint density at radius 2 is 1.03 bits per heavy atom. The predicted octanol–water partition coefficient (Wildman–Crippen LogP) is 7.34. The highest BCUT2D eigenvalue weighted by Gasteiger charge is 2.27. The summed E-state index contributed by atoms with van der Waals surface area (Å²) in [7, 11) is 0. The van der Waals surface area contributed by atoms with Crippen molar-refractivity contribution in [3.8, 4) is 12.1 Å². The fourth-order valence-corrected chi connectivity index (χ4v) is 4.78. The van der Waals surface area contributed by atoms with Gasteiger partial charge in [0.1, 0.15) is 0 Å². The van der Waals surface area contributed by atoms with E-state index in [0.717, 1.165) is 0 Å². The van der Waals surface area contributed by atoms with Crippen LogP contribution in [0.1, 0.15) is 54.9 Å². The molecule has 4 atom stereocenters. The Kier molecular flexibility index (Phi) is 9.26. The van der Waals surface area contributed by atoms with Gasteiger partial charge in [-0.1, -0.05) is 36.4 Å². The van der Waals surface area contributed by atoms with Gasteiger partial charge in [-0.15, -0.1) is 46.4 Å². The SMILES string of the molecule is N#Cc1ccc([C@@H](Cl)[C@H](Cl)c2cccc([C@H](Cl)[C@H](Cl)c3ccc(C#N)cc3N([O-])O)c2)c(N([O-])O)c1. The van der Waals surface area contributed by atoms with Crippen LogP contribution in [0.2, 0.25) is 0 Å². The highest BCUT2D eigenvalue weighted by molar-refractivity contribution is 6.31. The van der Waals surface area contributed by atoms with E-state index in [0.29, 0.717) is 11.1 Å². The molecule has 0 unspecified atom stereocenters. The van der Waals surface area contributed by atoms with Crippen molar-refractivity contribution in [1.29, 1.82) is 10.5 Å². The summed E-state index contributed by atoms with van der Waals surface area (Å²) in [5.41, 5.74) is 1.32. The van der Waals surface area contributed by atoms with Crippen LogP contribution in [0.25, 0.3) is 0 Å². The lowest BCUT2D eigenvalue weighted by molar-refractivity contribution is 0.295. The number of anilines is 2. The number of hydrogen-bond acceptors (Lipinski definition) is 8. The lowest BCUT2D eigenvalue weighted by Gasteiger charge is -2.29. The smallest absolute Gasteiger partial charge is 0.0992 e. The largest absolute Gasteiger partial charge is 0.733 e. The first-order valence-electron chi connectivity index (χ1n) is 10.2. The van der Waals surface area contributed by atoms with Crippen LogP contribution in [0.3, 0.4) is 0 Å². The molecule has 0 saturated carbocycles. The number of benzene rings is 3. The second kappa shape index (κ2) is 12.0. The zero-order chi connectivity index (χ0) is 26.6. The summed E-state index contributed by atoms with van der Waals surface area (Å²) >= 11 is 26.4. The van der Waals surface area contributed by atoms with Gasteiger partial charge in [-0.2, -0.15) is 10.5 Å². The van der Waals surface area contributed by atoms with Crippen LogP contribution in [0.15, 0.2) is 60.7 Å². The molecular weight excluding hydrogens is 550 g/mol. The van der Waals surface area contributed by atoms with Gasteiger partial charge in [0.25, 0.3) is 0 Å². The quantitative estimate of drug-likeness (QED) is 0.213. The zero-order valence-corrected chi connectivity index (χ0v) is 21.1. The molecule has 0 aromatic heterocycles. The third-order valence-corrected chi connectivity index (χ3v) is 7.63. The van der Waals surface area contributed by atoms with E-state index in [1.807, 2.05) is 12.1 Å². The lowest BCUT2D eigenvalue weighted by atomic mass is 9.96. The number of alkyl halides is 4. The molecule has 3 rings (SSSR count). The van der Waals surface area contributed by atoms with Crippen LogP contribution in [-0.2, 0) is 0 Å². The Labute approximate surface area is 226 Å². The highest BCUT2D eigenvalue weighted by atomic mass is 35.5. The minimum absolute atomic E-state index is 0.153. The van der Waals surface area contributed by atoms with Crippen molar-refractivity contribution in [2.24, 2.45) is 0 Å². The van der Waals surface area contributed by atoms with Crippen molar-refractivity contribution in [3.63, 3.8) is 0 Å². The fraction of sp³-hybridized carbons (Fsp3) is 0.167. The molecule has 0 heterocycles. The Balaban J connectivity index is 1.92. The lowest BCUT2D eigenvalue weighted by Crippen LogP contribution is -2.13. The van der Waals surface area contributed by atoms with Crippen molar-refractivity contribution >= 4 is 57.8 Å². The Bertz CT molecular complexity index is 1230. The topological polar surface area (TPSA) is 141 Å². The molecule has 0 bridgehead atoms. The maximum absolute atomic E-state index is 11.6. The second-order valence-electron chi connectivity index (χ2n) is 7.59. The molecule has 0 fully saturated rings. The first kappa shape index (κ1) is 27.8. The predicted molar refractivity (Wildman–Crippen MR) is 138 cm³/mol. The van der Waals surface area contributed by atoms with Crippen LogP contribution in [-0.4, -0.2) is 10.4 Å². The van der Waals surface area contributed by atoms with Gasteiger partial charge in [-0.3, -0.25) is 10.4 Å². The first-order valence-corrected chi connectivity index (χ1v) is 11.9. The van der Waals surface area contributed by atoms with E-state index in [-0.39, 0.29) is 44.1 Å². The zero-order valence-electron chi connectivity index (χ0n) is 18.1. The summed E-state index contributed by atoms with van der Waals surface area (Å²) in [6.07, 6.45) is 0. The molecule has 0 aliphatic heterocycles. The minimum atomic E-state index is -0.984. The Morgan fingerprint density at radius 3 is 1.36 bits per heavy atom. The van der Waals surface area contributed by atoms with Crippen molar-refractivity contribution in [1.82, 2.24) is 0 Å². The third-order valence-electron chi connectivity index (χ3n) is 5.39. The third kappa shape index (κ3) is 5.96. The molecule has 186 valence electrons. The molecule has 36 heavy (non-hydrogen) atoms. The summed E-state index contributed by atoms with van der Waals surface area (Å²) in [5, 5.41) is 55.8. The van der Waals surface area contributed by atoms with Crippen LogP contribution >= 0.6 is 46.4 Å². The summed E-state index contributed by atoms with van der Waals surface area (Å²) in [4.78, 5) is 0. The van der Waals surface area contributed by atoms with E-state index in [9.17, 15) is 20.8 Å². The van der Waals surface area contributed by atoms with Gasteiger partial charge in [0.05, 0.1) is 56.1 Å². The van der Waals surface area contributed by atoms with Crippen LogP contribution < -0.4 is 10.5 Å². The van der Waals surface area contributed by atoms with E-state index in [1.165, 1.54) is 36.4 Å². The van der Waals surface area contributed by atoms with E-state index >= 15 is 0 Å². The highest BCUT2D eigenvalue weighted by Crippen LogP contribution is 2.46. The van der Waals surface area contributed by atoms with Crippen molar-refractivity contribution in [2.75, 3.05) is 10.5 Å². The summed E-state index contributed by atoms with van der Waals surface area (Å²) in [6.45, 7) is 0. The summed E-state index contributed by atoms with van der Waals surface area (Å²) in [6, 6.07) is 18.6. The van der Waals surface area contributed by atoms with Gasteiger partial charge >= 0.3 is 0 Å². The van der Waals surface area contributed by atoms with Crippen molar-refractivity contribution in [3.05, 3.63) is 104 Å². The molecule has 0 saturated heterocycles. The van der Waals surface area contributed by atoms with Gasteiger partial charge in [-0.25, -0.2) is 0 Å². The molecule has 0 spiro atoms. The monoisotopic (exact) mass is 564 g/mol. The van der Waals surface area contributed by atoms with Gasteiger partial charge in [0.2, 0.25) is 0 Å². The minimum Gasteiger partial charge on any atom is -0.733 e. The van der Waals surface area contributed by atoms with Gasteiger partial charge in [0.15, 0.2) is 0 Å². The molecule has 0 amide bonds. The average Bonchev–Trinajstić information content (AvgIpc) is 2.90. The van der Waals surface area contributed by atoms with Crippen LogP contribution in [0.4, 0.5) is 11.4 Å². The van der Waals surface area contributed by atoms with E-state index in [1.54, 1.807) is 24.3 Å². The Morgan fingerprint density at radius 1 is 0.639 bits per heavy atom. The summed E-state index contributed by atoms with van der Waals surface area (Å²) < 4.78 is 0. The normalized spacial score (nSPS) is 14.2. The molecule has 8 nitrogen and oxygen atoms in total. The first-order chi connectivity index (χ1) is 17.1. The second-order valence-corrected chi connectivity index (χ2v) is 9.47. The maximum Gasteiger partial charge on any atom is 0.0992 e. The van der Waals surface area contributed by atoms with Crippen molar-refractivity contribution < 1.29 is 10.4 Å². The standard InChI is InChI=1S/C24H16Cl4N4O4/c25-21(23(27)17-6-4-13(11-29)8-19(17)31(33)34)15-2-1-3-16(10-15)22(26)24(28)18-7-5-14(12-30)9-20(18)32(35)36/h1-10,21-24,33,35H/q-2/t21-,22+,23-,24-/m1/s1. The van der Waals surface area contributed by atoms with Gasteiger partial charge < -0.3 is 20.9 Å². The van der Waals surface area contributed by atoms with Gasteiger partial charge in [-0.05, 0) is 46.5 Å². The van der Waals surface area contributed by atoms with E-state index < -0.39 is 21.5 Å². The molecular formula is C24H16Cl4N4O4-2. The number of rotatable bonds is 8. The molecule has 12 heteroatoms. The molecule has 3 aromatic rings. The molecule has 3 aromatic carbocycles. The fourth-order valence-electron chi connectivity index (χ4n) is 3.58. The van der Waals surface area contributed by atoms with E-state index in [2.05, 4.69) is 0 Å². The van der Waals surface area contributed by atoms with Crippen LogP contribution in [0, 0.1) is 33.1 Å². The molecule has 0 aliphatic carbocycles. The number of hydrogen-bond donors (Lipinski definition) is 2. The summed E-state index contributed by atoms with van der Waals surface area (Å²) in [5.74, 6) is 0. The maximum atomic E-state index is 11.6. The van der Waals surface area contributed by atoms with Crippen molar-refractivity contribution in [2.45, 2.75) is 21.5 Å². The van der Waals surface area contributed by atoms with E-state index in [4.69, 9.17) is 56.9 Å². The Hall–Kier alpha value is -2.76. The molecule has 0 radical (unpaired) electrons. The van der Waals surface area contributed by atoms with Crippen LogP contribution in [0.5, 0.6) is 0 Å². The number of nitriles is 2. The number of halogens is 4.